The van der Waals surface area contributed by atoms with Crippen molar-refractivity contribution in [3.8, 4) is 0 Å². The predicted octanol–water partition coefficient (Wildman–Crippen LogP) is 2.33. The molecule has 30 heavy (non-hydrogen) atoms. The zero-order valence-corrected chi connectivity index (χ0v) is 16.3. The summed E-state index contributed by atoms with van der Waals surface area (Å²) in [7, 11) is 0. The summed E-state index contributed by atoms with van der Waals surface area (Å²) in [5.74, 6) is -3.47. The Hall–Kier alpha value is -3.79. The molecular weight excluding hydrogens is 418 g/mol. The van der Waals surface area contributed by atoms with Crippen molar-refractivity contribution >= 4 is 46.7 Å². The molecule has 3 amide bonds. The quantitative estimate of drug-likeness (QED) is 0.321. The maximum absolute atomic E-state index is 12.4. The van der Waals surface area contributed by atoms with Gasteiger partial charge in [0.25, 0.3) is 23.4 Å². The number of imide groups is 1. The van der Waals surface area contributed by atoms with Crippen LogP contribution in [0.15, 0.2) is 36.4 Å². The summed E-state index contributed by atoms with van der Waals surface area (Å²) in [4.78, 5) is 59.6. The third-order valence-electron chi connectivity index (χ3n) is 4.29. The highest BCUT2D eigenvalue weighted by Crippen LogP contribution is 2.30. The Labute approximate surface area is 174 Å². The highest BCUT2D eigenvalue weighted by atomic mass is 35.5. The number of ether oxygens (including phenoxy) is 1. The van der Waals surface area contributed by atoms with Crippen LogP contribution in [0.25, 0.3) is 0 Å². The van der Waals surface area contributed by atoms with E-state index in [9.17, 15) is 29.3 Å². The van der Waals surface area contributed by atoms with Crippen LogP contribution >= 0.6 is 11.6 Å². The molecule has 0 saturated carbocycles. The van der Waals surface area contributed by atoms with E-state index in [1.165, 1.54) is 12.1 Å². The number of esters is 1. The molecule has 0 aromatic heterocycles. The molecule has 0 fully saturated rings. The molecule has 1 aliphatic heterocycles. The lowest BCUT2D eigenvalue weighted by Crippen LogP contribution is -2.36. The number of nitrogens with zero attached hydrogens (tertiary/aromatic N) is 2. The SMILES string of the molecule is Cc1cc(Cl)ccc1NC(=O)COC(=O)CN1C(=O)c2cccc([N+](=O)[O-])c2C1=O. The highest BCUT2D eigenvalue weighted by Gasteiger charge is 2.41. The molecule has 3 rings (SSSR count). The average molecular weight is 432 g/mol. The van der Waals surface area contributed by atoms with Gasteiger partial charge in [-0.3, -0.25) is 34.2 Å². The number of halogens is 1. The Bertz CT molecular complexity index is 1100. The number of fused-ring (bicyclic) bond motifs is 1. The van der Waals surface area contributed by atoms with Gasteiger partial charge in [0.15, 0.2) is 6.61 Å². The van der Waals surface area contributed by atoms with E-state index in [0.717, 1.165) is 6.07 Å². The topological polar surface area (TPSA) is 136 Å². The van der Waals surface area contributed by atoms with Crippen molar-refractivity contribution in [2.75, 3.05) is 18.5 Å². The summed E-state index contributed by atoms with van der Waals surface area (Å²) in [5, 5.41) is 14.1. The fraction of sp³-hybridized carbons (Fsp3) is 0.158. The second kappa shape index (κ2) is 8.29. The number of nitro groups is 1. The van der Waals surface area contributed by atoms with Crippen molar-refractivity contribution < 1.29 is 28.8 Å². The minimum Gasteiger partial charge on any atom is -0.454 e. The van der Waals surface area contributed by atoms with Gasteiger partial charge in [-0.25, -0.2) is 0 Å². The fourth-order valence-electron chi connectivity index (χ4n) is 2.89. The first-order valence-electron chi connectivity index (χ1n) is 8.54. The number of aryl methyl sites for hydroxylation is 1. The van der Waals surface area contributed by atoms with Crippen LogP contribution in [0, 0.1) is 17.0 Å². The fourth-order valence-corrected chi connectivity index (χ4v) is 3.11. The molecule has 1 aliphatic rings. The van der Waals surface area contributed by atoms with Crippen LogP contribution < -0.4 is 5.32 Å². The lowest BCUT2D eigenvalue weighted by Gasteiger charge is -2.13. The van der Waals surface area contributed by atoms with Gasteiger partial charge < -0.3 is 10.1 Å². The number of amides is 3. The molecule has 0 spiro atoms. The number of nitrogens with one attached hydrogen (secondary N) is 1. The van der Waals surface area contributed by atoms with Gasteiger partial charge >= 0.3 is 5.97 Å². The van der Waals surface area contributed by atoms with Crippen LogP contribution in [-0.2, 0) is 14.3 Å². The van der Waals surface area contributed by atoms with E-state index in [1.54, 1.807) is 25.1 Å². The minimum atomic E-state index is -1.02. The standard InChI is InChI=1S/C19H14ClN3O7/c1-10-7-11(20)5-6-13(10)21-15(24)9-30-16(25)8-22-18(26)12-3-2-4-14(23(28)29)17(12)19(22)27/h2-7H,8-9H2,1H3,(H,21,24). The molecule has 2 aromatic rings. The summed E-state index contributed by atoms with van der Waals surface area (Å²) in [6.07, 6.45) is 0. The number of rotatable bonds is 6. The number of carbonyl (C=O) groups is 4. The molecule has 0 atom stereocenters. The monoisotopic (exact) mass is 431 g/mol. The second-order valence-corrected chi connectivity index (χ2v) is 6.76. The second-order valence-electron chi connectivity index (χ2n) is 6.32. The molecule has 0 aliphatic carbocycles. The van der Waals surface area contributed by atoms with Gasteiger partial charge in [0.2, 0.25) is 0 Å². The maximum Gasteiger partial charge on any atom is 0.326 e. The largest absolute Gasteiger partial charge is 0.454 e. The van der Waals surface area contributed by atoms with Crippen molar-refractivity contribution in [3.05, 3.63) is 68.2 Å². The molecule has 0 saturated heterocycles. The third-order valence-corrected chi connectivity index (χ3v) is 4.52. The zero-order chi connectivity index (χ0) is 22.0. The van der Waals surface area contributed by atoms with Crippen LogP contribution in [0.3, 0.4) is 0 Å². The minimum absolute atomic E-state index is 0.169. The van der Waals surface area contributed by atoms with E-state index in [2.05, 4.69) is 5.32 Å². The van der Waals surface area contributed by atoms with Crippen LogP contribution in [0.4, 0.5) is 11.4 Å². The number of hydrogen-bond donors (Lipinski definition) is 1. The van der Waals surface area contributed by atoms with E-state index in [-0.39, 0.29) is 11.1 Å². The van der Waals surface area contributed by atoms with Crippen molar-refractivity contribution in [2.45, 2.75) is 6.92 Å². The number of nitro benzene ring substituents is 1. The van der Waals surface area contributed by atoms with Crippen molar-refractivity contribution in [2.24, 2.45) is 0 Å². The average Bonchev–Trinajstić information content (AvgIpc) is 2.93. The van der Waals surface area contributed by atoms with Crippen LogP contribution in [0.2, 0.25) is 5.02 Å². The normalized spacial score (nSPS) is 12.5. The van der Waals surface area contributed by atoms with Crippen molar-refractivity contribution in [1.82, 2.24) is 4.90 Å². The van der Waals surface area contributed by atoms with Crippen molar-refractivity contribution in [1.29, 1.82) is 0 Å². The van der Waals surface area contributed by atoms with Gasteiger partial charge in [0.05, 0.1) is 10.5 Å². The van der Waals surface area contributed by atoms with Gasteiger partial charge in [0, 0.05) is 16.8 Å². The Morgan fingerprint density at radius 3 is 2.60 bits per heavy atom. The first-order valence-corrected chi connectivity index (χ1v) is 8.92. The molecule has 2 aromatic carbocycles. The molecule has 154 valence electrons. The Kier molecular flexibility index (Phi) is 5.79. The van der Waals surface area contributed by atoms with E-state index >= 15 is 0 Å². The van der Waals surface area contributed by atoms with Gasteiger partial charge in [0.1, 0.15) is 12.1 Å². The Morgan fingerprint density at radius 1 is 1.20 bits per heavy atom. The molecule has 0 unspecified atom stereocenters. The van der Waals surface area contributed by atoms with Gasteiger partial charge in [-0.15, -0.1) is 0 Å². The Morgan fingerprint density at radius 2 is 1.93 bits per heavy atom. The van der Waals surface area contributed by atoms with E-state index < -0.39 is 47.5 Å². The van der Waals surface area contributed by atoms with E-state index in [0.29, 0.717) is 21.2 Å². The number of anilines is 1. The highest BCUT2D eigenvalue weighted by molar-refractivity contribution is 6.30. The van der Waals surface area contributed by atoms with Crippen molar-refractivity contribution in [3.63, 3.8) is 0 Å². The molecule has 1 heterocycles. The summed E-state index contributed by atoms with van der Waals surface area (Å²) in [6, 6.07) is 8.43. The Balaban J connectivity index is 1.61. The van der Waals surface area contributed by atoms with Gasteiger partial charge in [-0.1, -0.05) is 17.7 Å². The predicted molar refractivity (Wildman–Crippen MR) is 104 cm³/mol. The lowest BCUT2D eigenvalue weighted by atomic mass is 10.1. The zero-order valence-electron chi connectivity index (χ0n) is 15.5. The first kappa shape index (κ1) is 20.9. The molecule has 11 heteroatoms. The van der Waals surface area contributed by atoms with Gasteiger partial charge in [-0.2, -0.15) is 0 Å². The third kappa shape index (κ3) is 4.13. The molecule has 0 bridgehead atoms. The summed E-state index contributed by atoms with van der Waals surface area (Å²) >= 11 is 5.84. The number of benzene rings is 2. The lowest BCUT2D eigenvalue weighted by molar-refractivity contribution is -0.385. The number of carbonyl (C=O) groups excluding carboxylic acids is 4. The van der Waals surface area contributed by atoms with Crippen LogP contribution in [0.5, 0.6) is 0 Å². The van der Waals surface area contributed by atoms with E-state index in [4.69, 9.17) is 16.3 Å². The molecule has 10 nitrogen and oxygen atoms in total. The van der Waals surface area contributed by atoms with E-state index in [1.807, 2.05) is 0 Å². The molecule has 0 radical (unpaired) electrons. The molecule has 1 N–H and O–H groups in total. The van der Waals surface area contributed by atoms with Crippen LogP contribution in [0.1, 0.15) is 26.3 Å². The molecular formula is C19H14ClN3O7. The first-order chi connectivity index (χ1) is 14.2. The van der Waals surface area contributed by atoms with Crippen LogP contribution in [-0.4, -0.2) is 46.7 Å². The smallest absolute Gasteiger partial charge is 0.326 e. The number of hydrogen-bond acceptors (Lipinski definition) is 7. The summed E-state index contributed by atoms with van der Waals surface area (Å²) in [6.45, 7) is 0.302. The maximum atomic E-state index is 12.4. The summed E-state index contributed by atoms with van der Waals surface area (Å²) < 4.78 is 4.82. The summed E-state index contributed by atoms with van der Waals surface area (Å²) in [5.41, 5.74) is 0.108. The van der Waals surface area contributed by atoms with Gasteiger partial charge in [-0.05, 0) is 36.8 Å².